The molecule has 0 radical (unpaired) electrons. The van der Waals surface area contributed by atoms with Crippen molar-refractivity contribution >= 4 is 11.6 Å². The highest BCUT2D eigenvalue weighted by molar-refractivity contribution is 6.30. The van der Waals surface area contributed by atoms with E-state index in [1.54, 1.807) is 6.33 Å². The molecule has 1 rings (SSSR count). The van der Waals surface area contributed by atoms with Crippen molar-refractivity contribution in [3.05, 3.63) is 22.7 Å². The fourth-order valence-corrected chi connectivity index (χ4v) is 0.915. The van der Waals surface area contributed by atoms with Gasteiger partial charge >= 0.3 is 0 Å². The highest BCUT2D eigenvalue weighted by Crippen LogP contribution is 2.10. The van der Waals surface area contributed by atoms with Crippen LogP contribution in [0.25, 0.3) is 0 Å². The average molecular weight is 158 g/mol. The highest BCUT2D eigenvalue weighted by Gasteiger charge is 2.08. The predicted octanol–water partition coefficient (Wildman–Crippen LogP) is 1.18. The monoisotopic (exact) mass is 157 g/mol. The Labute approximate surface area is 65.5 Å². The summed E-state index contributed by atoms with van der Waals surface area (Å²) in [4.78, 5) is 3.97. The summed E-state index contributed by atoms with van der Waals surface area (Å²) in [6, 6.07) is 0. The Morgan fingerprint density at radius 1 is 1.50 bits per heavy atom. The molecule has 2 nitrogen and oxygen atoms in total. The molecular formula is C7H10ClN2+. The Balaban J connectivity index is 3.34. The van der Waals surface area contributed by atoms with Crippen molar-refractivity contribution in [3.8, 4) is 0 Å². The van der Waals surface area contributed by atoms with Gasteiger partial charge in [0.2, 0.25) is 5.15 Å². The zero-order valence-electron chi connectivity index (χ0n) is 6.35. The van der Waals surface area contributed by atoms with E-state index in [1.165, 1.54) is 0 Å². The summed E-state index contributed by atoms with van der Waals surface area (Å²) in [7, 11) is 1.95. The van der Waals surface area contributed by atoms with E-state index in [0.717, 1.165) is 11.3 Å². The number of aromatic nitrogens is 2. The van der Waals surface area contributed by atoms with E-state index < -0.39 is 0 Å². The quantitative estimate of drug-likeness (QED) is 0.408. The summed E-state index contributed by atoms with van der Waals surface area (Å²) in [6.07, 6.45) is 1.71. The third kappa shape index (κ3) is 1.12. The molecule has 0 atom stereocenters. The number of rotatable bonds is 0. The predicted molar refractivity (Wildman–Crippen MR) is 39.9 cm³/mol. The molecule has 0 aliphatic carbocycles. The van der Waals surface area contributed by atoms with E-state index in [9.17, 15) is 0 Å². The lowest BCUT2D eigenvalue weighted by molar-refractivity contribution is -0.681. The van der Waals surface area contributed by atoms with Crippen molar-refractivity contribution in [2.75, 3.05) is 0 Å². The van der Waals surface area contributed by atoms with Crippen LogP contribution in [0.15, 0.2) is 6.33 Å². The van der Waals surface area contributed by atoms with Gasteiger partial charge in [0.05, 0.1) is 12.6 Å². The Morgan fingerprint density at radius 2 is 2.10 bits per heavy atom. The second-order valence-corrected chi connectivity index (χ2v) is 2.71. The van der Waals surface area contributed by atoms with Gasteiger partial charge in [0.25, 0.3) is 6.33 Å². The molecule has 0 saturated heterocycles. The second kappa shape index (κ2) is 2.54. The van der Waals surface area contributed by atoms with Crippen LogP contribution in [0.1, 0.15) is 11.3 Å². The maximum Gasteiger partial charge on any atom is 0.287 e. The molecule has 1 aromatic rings. The third-order valence-electron chi connectivity index (χ3n) is 1.73. The van der Waals surface area contributed by atoms with Crippen molar-refractivity contribution < 1.29 is 4.57 Å². The number of nitrogens with zero attached hydrogens (tertiary/aromatic N) is 2. The van der Waals surface area contributed by atoms with Gasteiger partial charge in [-0.2, -0.15) is 0 Å². The van der Waals surface area contributed by atoms with Gasteiger partial charge in [0.1, 0.15) is 5.69 Å². The summed E-state index contributed by atoms with van der Waals surface area (Å²) in [5.41, 5.74) is 2.20. The summed E-state index contributed by atoms with van der Waals surface area (Å²) < 4.78 is 1.95. The van der Waals surface area contributed by atoms with Gasteiger partial charge in [0.15, 0.2) is 0 Å². The lowest BCUT2D eigenvalue weighted by atomic mass is 10.3. The molecule has 0 aromatic carbocycles. The van der Waals surface area contributed by atoms with Crippen LogP contribution in [0.4, 0.5) is 0 Å². The Hall–Kier alpha value is -0.630. The highest BCUT2D eigenvalue weighted by atomic mass is 35.5. The van der Waals surface area contributed by atoms with Gasteiger partial charge in [0, 0.05) is 0 Å². The SMILES string of the molecule is Cc1c(Cl)nc[n+](C)c1C. The molecule has 0 bridgehead atoms. The maximum absolute atomic E-state index is 5.76. The van der Waals surface area contributed by atoms with E-state index >= 15 is 0 Å². The van der Waals surface area contributed by atoms with Gasteiger partial charge < -0.3 is 0 Å². The molecule has 0 amide bonds. The largest absolute Gasteiger partial charge is 0.287 e. The third-order valence-corrected chi connectivity index (χ3v) is 2.11. The minimum absolute atomic E-state index is 0.593. The van der Waals surface area contributed by atoms with E-state index in [0.29, 0.717) is 5.15 Å². The van der Waals surface area contributed by atoms with E-state index in [-0.39, 0.29) is 0 Å². The lowest BCUT2D eigenvalue weighted by Gasteiger charge is -1.97. The summed E-state index contributed by atoms with van der Waals surface area (Å²) in [6.45, 7) is 3.98. The van der Waals surface area contributed by atoms with Crippen LogP contribution in [-0.2, 0) is 7.05 Å². The lowest BCUT2D eigenvalue weighted by Crippen LogP contribution is -2.33. The molecule has 0 fully saturated rings. The zero-order valence-corrected chi connectivity index (χ0v) is 7.11. The minimum atomic E-state index is 0.593. The first-order chi connectivity index (χ1) is 4.63. The first-order valence-corrected chi connectivity index (χ1v) is 3.48. The molecule has 0 aliphatic heterocycles. The minimum Gasteiger partial charge on any atom is -0.237 e. The van der Waals surface area contributed by atoms with Crippen LogP contribution in [0, 0.1) is 13.8 Å². The van der Waals surface area contributed by atoms with Crippen LogP contribution in [-0.4, -0.2) is 4.98 Å². The Kier molecular flexibility index (Phi) is 1.90. The van der Waals surface area contributed by atoms with Gasteiger partial charge in [-0.3, -0.25) is 0 Å². The molecule has 10 heavy (non-hydrogen) atoms. The molecule has 54 valence electrons. The van der Waals surface area contributed by atoms with E-state index in [1.807, 2.05) is 25.5 Å². The molecule has 1 aromatic heterocycles. The second-order valence-electron chi connectivity index (χ2n) is 2.36. The summed E-state index contributed by atoms with van der Waals surface area (Å²) in [5.74, 6) is 0. The topological polar surface area (TPSA) is 16.8 Å². The van der Waals surface area contributed by atoms with Crippen LogP contribution in [0.5, 0.6) is 0 Å². The van der Waals surface area contributed by atoms with Gasteiger partial charge in [-0.15, -0.1) is 0 Å². The molecule has 0 N–H and O–H groups in total. The van der Waals surface area contributed by atoms with Crippen molar-refractivity contribution in [2.24, 2.45) is 7.05 Å². The van der Waals surface area contributed by atoms with Crippen LogP contribution in [0.3, 0.4) is 0 Å². The molecule has 0 unspecified atom stereocenters. The van der Waals surface area contributed by atoms with Crippen molar-refractivity contribution in [1.29, 1.82) is 0 Å². The Morgan fingerprint density at radius 3 is 2.60 bits per heavy atom. The molecule has 0 saturated carbocycles. The number of hydrogen-bond acceptors (Lipinski definition) is 1. The van der Waals surface area contributed by atoms with Gasteiger partial charge in [-0.05, 0) is 30.4 Å². The number of hydrogen-bond donors (Lipinski definition) is 0. The van der Waals surface area contributed by atoms with Gasteiger partial charge in [-0.1, -0.05) is 0 Å². The summed E-state index contributed by atoms with van der Waals surface area (Å²) in [5, 5.41) is 0.593. The van der Waals surface area contributed by atoms with Crippen molar-refractivity contribution in [1.82, 2.24) is 4.98 Å². The smallest absolute Gasteiger partial charge is 0.237 e. The standard InChI is InChI=1S/C7H10ClN2/c1-5-6(2)10(3)4-9-7(5)8/h4H,1-3H3/q+1. The molecule has 0 aliphatic rings. The van der Waals surface area contributed by atoms with Crippen LogP contribution < -0.4 is 4.57 Å². The number of aryl methyl sites for hydroxylation is 1. The molecule has 0 spiro atoms. The Bertz CT molecular complexity index is 231. The normalized spacial score (nSPS) is 10.0. The fraction of sp³-hybridized carbons (Fsp3) is 0.429. The summed E-state index contributed by atoms with van der Waals surface area (Å²) >= 11 is 5.76. The molecule has 3 heteroatoms. The van der Waals surface area contributed by atoms with Crippen molar-refractivity contribution in [2.45, 2.75) is 13.8 Å². The molecular weight excluding hydrogens is 148 g/mol. The first-order valence-electron chi connectivity index (χ1n) is 3.10. The number of halogens is 1. The van der Waals surface area contributed by atoms with Crippen molar-refractivity contribution in [3.63, 3.8) is 0 Å². The molecule has 1 heterocycles. The van der Waals surface area contributed by atoms with E-state index in [4.69, 9.17) is 11.6 Å². The average Bonchev–Trinajstić information content (AvgIpc) is 1.93. The van der Waals surface area contributed by atoms with E-state index in [2.05, 4.69) is 4.98 Å². The van der Waals surface area contributed by atoms with Gasteiger partial charge in [-0.25, -0.2) is 4.57 Å². The first kappa shape index (κ1) is 7.48. The van der Waals surface area contributed by atoms with Crippen LogP contribution >= 0.6 is 11.6 Å². The zero-order chi connectivity index (χ0) is 7.72. The van der Waals surface area contributed by atoms with Crippen LogP contribution in [0.2, 0.25) is 5.15 Å². The maximum atomic E-state index is 5.76. The fourth-order valence-electron chi connectivity index (χ4n) is 0.735.